The number of aliphatic hydroxyl groups is 1. The topological polar surface area (TPSA) is 40.5 Å². The van der Waals surface area contributed by atoms with Crippen LogP contribution in [-0.2, 0) is 0 Å². The Labute approximate surface area is 120 Å². The van der Waals surface area contributed by atoms with Crippen LogP contribution in [0.25, 0.3) is 0 Å². The van der Waals surface area contributed by atoms with E-state index < -0.39 is 0 Å². The highest BCUT2D eigenvalue weighted by molar-refractivity contribution is 5.96. The Morgan fingerprint density at radius 3 is 2.95 bits per heavy atom. The smallest absolute Gasteiger partial charge is 0.254 e. The molecule has 3 nitrogen and oxygen atoms in total. The van der Waals surface area contributed by atoms with Gasteiger partial charge in [-0.3, -0.25) is 4.79 Å². The molecule has 2 rings (SSSR count). The molecule has 1 aliphatic rings. The first kappa shape index (κ1) is 14.6. The van der Waals surface area contributed by atoms with Crippen LogP contribution in [0.5, 0.6) is 0 Å². The lowest BCUT2D eigenvalue weighted by molar-refractivity contribution is 0.0787. The molecule has 0 aliphatic carbocycles. The average Bonchev–Trinajstić information content (AvgIpc) is 2.87. The molecule has 0 aromatic heterocycles. The zero-order valence-electron chi connectivity index (χ0n) is 12.1. The zero-order valence-corrected chi connectivity index (χ0v) is 12.1. The Morgan fingerprint density at radius 1 is 1.50 bits per heavy atom. The summed E-state index contributed by atoms with van der Waals surface area (Å²) in [4.78, 5) is 14.5. The lowest BCUT2D eigenvalue weighted by Crippen LogP contribution is -2.29. The lowest BCUT2D eigenvalue weighted by Gasteiger charge is -2.17. The Morgan fingerprint density at radius 2 is 2.30 bits per heavy atom. The van der Waals surface area contributed by atoms with Crippen molar-refractivity contribution in [2.45, 2.75) is 26.7 Å². The van der Waals surface area contributed by atoms with Gasteiger partial charge in [0.1, 0.15) is 0 Å². The standard InChI is InChI=1S/C17H21NO2/c1-13-8-9-18(12-13)17(20)16-11-15(5-3-4-10-19)7-6-14(16)2/h6-7,11,13,19H,4,8-10,12H2,1-2H3. The summed E-state index contributed by atoms with van der Waals surface area (Å²) in [5.41, 5.74) is 2.57. The van der Waals surface area contributed by atoms with Crippen molar-refractivity contribution in [2.24, 2.45) is 5.92 Å². The maximum absolute atomic E-state index is 12.5. The van der Waals surface area contributed by atoms with Gasteiger partial charge >= 0.3 is 0 Å². The highest BCUT2D eigenvalue weighted by Gasteiger charge is 2.25. The molecule has 1 unspecified atom stereocenters. The summed E-state index contributed by atoms with van der Waals surface area (Å²) in [6, 6.07) is 5.73. The van der Waals surface area contributed by atoms with Gasteiger partial charge in [0, 0.05) is 30.6 Å². The highest BCUT2D eigenvalue weighted by atomic mass is 16.2. The van der Waals surface area contributed by atoms with Crippen molar-refractivity contribution < 1.29 is 9.90 Å². The molecule has 1 saturated heterocycles. The maximum Gasteiger partial charge on any atom is 0.254 e. The van der Waals surface area contributed by atoms with Crippen LogP contribution in [0, 0.1) is 24.7 Å². The van der Waals surface area contributed by atoms with E-state index in [2.05, 4.69) is 18.8 Å². The maximum atomic E-state index is 12.5. The Bertz CT molecular complexity index is 554. The van der Waals surface area contributed by atoms with E-state index in [1.54, 1.807) is 0 Å². The normalized spacial score (nSPS) is 17.8. The molecular weight excluding hydrogens is 250 g/mol. The third kappa shape index (κ3) is 3.40. The van der Waals surface area contributed by atoms with Crippen LogP contribution in [0.3, 0.4) is 0 Å². The summed E-state index contributed by atoms with van der Waals surface area (Å²) < 4.78 is 0. The van der Waals surface area contributed by atoms with Crippen molar-refractivity contribution in [3.8, 4) is 11.8 Å². The van der Waals surface area contributed by atoms with E-state index >= 15 is 0 Å². The fourth-order valence-electron chi connectivity index (χ4n) is 2.44. The van der Waals surface area contributed by atoms with E-state index in [0.29, 0.717) is 12.3 Å². The first-order valence-electron chi connectivity index (χ1n) is 7.11. The van der Waals surface area contributed by atoms with E-state index in [4.69, 9.17) is 5.11 Å². The van der Waals surface area contributed by atoms with Crippen LogP contribution >= 0.6 is 0 Å². The molecule has 1 atom stereocenters. The minimum Gasteiger partial charge on any atom is -0.395 e. The van der Waals surface area contributed by atoms with E-state index in [0.717, 1.165) is 36.2 Å². The molecular formula is C17H21NO2. The van der Waals surface area contributed by atoms with E-state index in [-0.39, 0.29) is 12.5 Å². The van der Waals surface area contributed by atoms with Gasteiger partial charge in [-0.25, -0.2) is 0 Å². The summed E-state index contributed by atoms with van der Waals surface area (Å²) in [5.74, 6) is 6.57. The molecule has 0 radical (unpaired) electrons. The average molecular weight is 271 g/mol. The third-order valence-electron chi connectivity index (χ3n) is 3.65. The van der Waals surface area contributed by atoms with Gasteiger partial charge in [0.2, 0.25) is 0 Å². The summed E-state index contributed by atoms with van der Waals surface area (Å²) in [7, 11) is 0. The minimum atomic E-state index is 0.0658. The first-order chi connectivity index (χ1) is 9.61. The quantitative estimate of drug-likeness (QED) is 0.838. The summed E-state index contributed by atoms with van der Waals surface area (Å²) >= 11 is 0. The van der Waals surface area contributed by atoms with Crippen molar-refractivity contribution in [1.29, 1.82) is 0 Å². The summed E-state index contributed by atoms with van der Waals surface area (Å²) in [5, 5.41) is 8.74. The second-order valence-corrected chi connectivity index (χ2v) is 5.45. The number of carbonyl (C=O) groups excluding carboxylic acids is 1. The number of aryl methyl sites for hydroxylation is 1. The summed E-state index contributed by atoms with van der Waals surface area (Å²) in [6.07, 6.45) is 1.54. The molecule has 1 amide bonds. The van der Waals surface area contributed by atoms with Crippen LogP contribution < -0.4 is 0 Å². The molecule has 1 fully saturated rings. The summed E-state index contributed by atoms with van der Waals surface area (Å²) in [6.45, 7) is 5.89. The number of hydrogen-bond donors (Lipinski definition) is 1. The van der Waals surface area contributed by atoms with Crippen molar-refractivity contribution >= 4 is 5.91 Å². The number of amides is 1. The van der Waals surface area contributed by atoms with Gasteiger partial charge in [0.05, 0.1) is 6.61 Å². The molecule has 1 N–H and O–H groups in total. The molecule has 0 saturated carbocycles. The number of nitrogens with zero attached hydrogens (tertiary/aromatic N) is 1. The molecule has 1 aliphatic heterocycles. The van der Waals surface area contributed by atoms with E-state index in [1.165, 1.54) is 0 Å². The zero-order chi connectivity index (χ0) is 14.5. The molecule has 0 spiro atoms. The van der Waals surface area contributed by atoms with Gasteiger partial charge in [0.25, 0.3) is 5.91 Å². The van der Waals surface area contributed by atoms with Crippen LogP contribution in [0.2, 0.25) is 0 Å². The van der Waals surface area contributed by atoms with E-state index in [9.17, 15) is 4.79 Å². The molecule has 0 bridgehead atoms. The molecule has 1 heterocycles. The number of aliphatic hydroxyl groups excluding tert-OH is 1. The molecule has 1 aromatic carbocycles. The molecule has 20 heavy (non-hydrogen) atoms. The molecule has 3 heteroatoms. The SMILES string of the molecule is Cc1ccc(C#CCCO)cc1C(=O)N1CCC(C)C1. The predicted molar refractivity (Wildman–Crippen MR) is 79.4 cm³/mol. The van der Waals surface area contributed by atoms with Crippen molar-refractivity contribution in [3.05, 3.63) is 34.9 Å². The van der Waals surface area contributed by atoms with Gasteiger partial charge in [-0.1, -0.05) is 24.8 Å². The van der Waals surface area contributed by atoms with Gasteiger partial charge in [-0.15, -0.1) is 0 Å². The van der Waals surface area contributed by atoms with Gasteiger partial charge in [0.15, 0.2) is 0 Å². The van der Waals surface area contributed by atoms with E-state index in [1.807, 2.05) is 30.0 Å². The largest absolute Gasteiger partial charge is 0.395 e. The second-order valence-electron chi connectivity index (χ2n) is 5.45. The predicted octanol–water partition coefficient (Wildman–Crippen LogP) is 2.21. The molecule has 1 aromatic rings. The van der Waals surface area contributed by atoms with Gasteiger partial charge in [-0.05, 0) is 37.0 Å². The Balaban J connectivity index is 2.20. The van der Waals surface area contributed by atoms with Crippen LogP contribution in [0.4, 0.5) is 0 Å². The molecule has 106 valence electrons. The fraction of sp³-hybridized carbons (Fsp3) is 0.471. The Kier molecular flexibility index (Phi) is 4.81. The van der Waals surface area contributed by atoms with Crippen LogP contribution in [-0.4, -0.2) is 35.6 Å². The fourth-order valence-corrected chi connectivity index (χ4v) is 2.44. The van der Waals surface area contributed by atoms with Crippen LogP contribution in [0.15, 0.2) is 18.2 Å². The monoisotopic (exact) mass is 271 g/mol. The van der Waals surface area contributed by atoms with Crippen LogP contribution in [0.1, 0.15) is 41.3 Å². The second kappa shape index (κ2) is 6.58. The highest BCUT2D eigenvalue weighted by Crippen LogP contribution is 2.20. The Hall–Kier alpha value is -1.79. The lowest BCUT2D eigenvalue weighted by atomic mass is 10.0. The third-order valence-corrected chi connectivity index (χ3v) is 3.65. The number of benzene rings is 1. The number of hydrogen-bond acceptors (Lipinski definition) is 2. The minimum absolute atomic E-state index is 0.0658. The van der Waals surface area contributed by atoms with Crippen molar-refractivity contribution in [1.82, 2.24) is 4.90 Å². The van der Waals surface area contributed by atoms with Crippen molar-refractivity contribution in [3.63, 3.8) is 0 Å². The van der Waals surface area contributed by atoms with Crippen molar-refractivity contribution in [2.75, 3.05) is 19.7 Å². The number of carbonyl (C=O) groups is 1. The number of rotatable bonds is 2. The number of likely N-dealkylation sites (tertiary alicyclic amines) is 1. The first-order valence-corrected chi connectivity index (χ1v) is 7.11. The van der Waals surface area contributed by atoms with Gasteiger partial charge in [-0.2, -0.15) is 0 Å². The van der Waals surface area contributed by atoms with Gasteiger partial charge < -0.3 is 10.0 Å².